The number of aliphatic carboxylic acids is 1. The van der Waals surface area contributed by atoms with E-state index in [4.69, 9.17) is 5.11 Å². The van der Waals surface area contributed by atoms with E-state index >= 15 is 0 Å². The molecule has 0 saturated carbocycles. The Labute approximate surface area is 101 Å². The van der Waals surface area contributed by atoms with Crippen LogP contribution in [0.15, 0.2) is 0 Å². The van der Waals surface area contributed by atoms with Crippen molar-refractivity contribution in [1.82, 2.24) is 4.98 Å². The summed E-state index contributed by atoms with van der Waals surface area (Å²) in [6.07, 6.45) is 2.28. The molecule has 0 unspecified atom stereocenters. The molecule has 0 aliphatic carbocycles. The SMILES string of the molecule is CCCC(C)(C)c1nc(C)c(CC(=O)O)s1. The highest BCUT2D eigenvalue weighted by Crippen LogP contribution is 2.33. The van der Waals surface area contributed by atoms with Crippen molar-refractivity contribution >= 4 is 17.3 Å². The smallest absolute Gasteiger partial charge is 0.308 e. The molecule has 0 fully saturated rings. The summed E-state index contributed by atoms with van der Waals surface area (Å²) < 4.78 is 0. The van der Waals surface area contributed by atoms with E-state index in [1.165, 1.54) is 0 Å². The molecule has 1 heterocycles. The Morgan fingerprint density at radius 1 is 1.50 bits per heavy atom. The van der Waals surface area contributed by atoms with Crippen LogP contribution in [0, 0.1) is 6.92 Å². The van der Waals surface area contributed by atoms with E-state index in [1.807, 2.05) is 6.92 Å². The molecule has 16 heavy (non-hydrogen) atoms. The number of aromatic nitrogens is 1. The first-order valence-corrected chi connectivity index (χ1v) is 6.37. The van der Waals surface area contributed by atoms with Crippen molar-refractivity contribution in [1.29, 1.82) is 0 Å². The molecule has 0 aromatic carbocycles. The zero-order valence-electron chi connectivity index (χ0n) is 10.3. The van der Waals surface area contributed by atoms with Crippen molar-refractivity contribution in [3.05, 3.63) is 15.6 Å². The minimum Gasteiger partial charge on any atom is -0.481 e. The molecule has 0 radical (unpaired) electrons. The maximum absolute atomic E-state index is 10.7. The quantitative estimate of drug-likeness (QED) is 0.861. The lowest BCUT2D eigenvalue weighted by Crippen LogP contribution is -2.16. The van der Waals surface area contributed by atoms with E-state index in [0.29, 0.717) is 0 Å². The van der Waals surface area contributed by atoms with Crippen molar-refractivity contribution < 1.29 is 9.90 Å². The van der Waals surface area contributed by atoms with Gasteiger partial charge >= 0.3 is 5.97 Å². The minimum absolute atomic E-state index is 0.0565. The molecule has 0 spiro atoms. The van der Waals surface area contributed by atoms with Gasteiger partial charge in [-0.05, 0) is 13.3 Å². The number of aryl methyl sites for hydroxylation is 1. The van der Waals surface area contributed by atoms with Crippen molar-refractivity contribution in [3.63, 3.8) is 0 Å². The van der Waals surface area contributed by atoms with Crippen LogP contribution in [0.2, 0.25) is 0 Å². The van der Waals surface area contributed by atoms with Crippen LogP contribution in [-0.2, 0) is 16.6 Å². The van der Waals surface area contributed by atoms with E-state index in [0.717, 1.165) is 28.4 Å². The number of hydrogen-bond donors (Lipinski definition) is 1. The maximum atomic E-state index is 10.7. The van der Waals surface area contributed by atoms with Gasteiger partial charge in [0.05, 0.1) is 17.1 Å². The molecular formula is C12H19NO2S. The van der Waals surface area contributed by atoms with Crippen LogP contribution in [-0.4, -0.2) is 16.1 Å². The van der Waals surface area contributed by atoms with Crippen LogP contribution in [0.3, 0.4) is 0 Å². The van der Waals surface area contributed by atoms with E-state index < -0.39 is 5.97 Å². The molecule has 1 aromatic rings. The third-order valence-electron chi connectivity index (χ3n) is 2.66. The van der Waals surface area contributed by atoms with Gasteiger partial charge in [-0.25, -0.2) is 4.98 Å². The van der Waals surface area contributed by atoms with Gasteiger partial charge in [0.1, 0.15) is 0 Å². The molecular weight excluding hydrogens is 222 g/mol. The van der Waals surface area contributed by atoms with E-state index in [-0.39, 0.29) is 11.8 Å². The van der Waals surface area contributed by atoms with Gasteiger partial charge in [-0.3, -0.25) is 4.79 Å². The largest absolute Gasteiger partial charge is 0.481 e. The van der Waals surface area contributed by atoms with Crippen LogP contribution in [0.5, 0.6) is 0 Å². The molecule has 0 aliphatic rings. The highest BCUT2D eigenvalue weighted by molar-refractivity contribution is 7.12. The lowest BCUT2D eigenvalue weighted by atomic mass is 9.89. The van der Waals surface area contributed by atoms with Gasteiger partial charge in [0, 0.05) is 10.3 Å². The number of carboxylic acid groups (broad SMARTS) is 1. The fraction of sp³-hybridized carbons (Fsp3) is 0.667. The summed E-state index contributed by atoms with van der Waals surface area (Å²) in [7, 11) is 0. The molecule has 0 amide bonds. The second-order valence-corrected chi connectivity index (χ2v) is 5.82. The lowest BCUT2D eigenvalue weighted by Gasteiger charge is -2.20. The van der Waals surface area contributed by atoms with Gasteiger partial charge in [0.25, 0.3) is 0 Å². The molecule has 0 atom stereocenters. The van der Waals surface area contributed by atoms with Gasteiger partial charge in [0.2, 0.25) is 0 Å². The van der Waals surface area contributed by atoms with Gasteiger partial charge in [-0.1, -0.05) is 27.2 Å². The predicted octanol–water partition coefficient (Wildman–Crippen LogP) is 3.16. The number of nitrogens with zero attached hydrogens (tertiary/aromatic N) is 1. The first-order valence-electron chi connectivity index (χ1n) is 5.55. The van der Waals surface area contributed by atoms with Gasteiger partial charge < -0.3 is 5.11 Å². The first kappa shape index (κ1) is 13.2. The van der Waals surface area contributed by atoms with Gasteiger partial charge in [0.15, 0.2) is 0 Å². The number of rotatable bonds is 5. The van der Waals surface area contributed by atoms with Crippen LogP contribution < -0.4 is 0 Å². The first-order chi connectivity index (χ1) is 7.36. The number of hydrogen-bond acceptors (Lipinski definition) is 3. The van der Waals surface area contributed by atoms with Crippen LogP contribution in [0.25, 0.3) is 0 Å². The molecule has 3 nitrogen and oxygen atoms in total. The lowest BCUT2D eigenvalue weighted by molar-refractivity contribution is -0.136. The normalized spacial score (nSPS) is 11.8. The maximum Gasteiger partial charge on any atom is 0.308 e. The van der Waals surface area contributed by atoms with Crippen molar-refractivity contribution in [2.75, 3.05) is 0 Å². The number of carboxylic acids is 1. The molecule has 1 N–H and O–H groups in total. The van der Waals surface area contributed by atoms with Crippen LogP contribution in [0.4, 0.5) is 0 Å². The average Bonchev–Trinajstić information content (AvgIpc) is 2.47. The summed E-state index contributed by atoms with van der Waals surface area (Å²) in [6, 6.07) is 0. The van der Waals surface area contributed by atoms with Crippen molar-refractivity contribution in [2.45, 2.75) is 52.4 Å². The summed E-state index contributed by atoms with van der Waals surface area (Å²) in [5, 5.41) is 9.84. The Hall–Kier alpha value is -0.900. The van der Waals surface area contributed by atoms with Crippen molar-refractivity contribution in [2.24, 2.45) is 0 Å². The Balaban J connectivity index is 2.95. The monoisotopic (exact) mass is 241 g/mol. The molecule has 0 aliphatic heterocycles. The molecule has 1 aromatic heterocycles. The average molecular weight is 241 g/mol. The van der Waals surface area contributed by atoms with Crippen molar-refractivity contribution in [3.8, 4) is 0 Å². The topological polar surface area (TPSA) is 50.2 Å². The summed E-state index contributed by atoms with van der Waals surface area (Å²) in [5.41, 5.74) is 0.924. The zero-order chi connectivity index (χ0) is 12.3. The summed E-state index contributed by atoms with van der Waals surface area (Å²) in [5.74, 6) is -0.786. The molecule has 1 rings (SSSR count). The number of thiazole rings is 1. The molecule has 0 bridgehead atoms. The fourth-order valence-electron chi connectivity index (χ4n) is 1.75. The highest BCUT2D eigenvalue weighted by atomic mass is 32.1. The molecule has 0 saturated heterocycles. The Bertz CT molecular complexity index is 382. The highest BCUT2D eigenvalue weighted by Gasteiger charge is 2.25. The van der Waals surface area contributed by atoms with E-state index in [9.17, 15) is 4.79 Å². The molecule has 4 heteroatoms. The Morgan fingerprint density at radius 3 is 2.62 bits per heavy atom. The van der Waals surface area contributed by atoms with Crippen LogP contribution in [0.1, 0.15) is 49.2 Å². The molecule has 90 valence electrons. The fourth-order valence-corrected chi connectivity index (χ4v) is 2.93. The summed E-state index contributed by atoms with van der Waals surface area (Å²) >= 11 is 1.54. The third-order valence-corrected chi connectivity index (χ3v) is 4.18. The minimum atomic E-state index is -0.786. The second kappa shape index (κ2) is 4.95. The number of carbonyl (C=O) groups is 1. The van der Waals surface area contributed by atoms with Gasteiger partial charge in [-0.2, -0.15) is 0 Å². The summed E-state index contributed by atoms with van der Waals surface area (Å²) in [6.45, 7) is 8.37. The third kappa shape index (κ3) is 3.04. The van der Waals surface area contributed by atoms with E-state index in [1.54, 1.807) is 11.3 Å². The Kier molecular flexibility index (Phi) is 4.08. The predicted molar refractivity (Wildman–Crippen MR) is 66.1 cm³/mol. The zero-order valence-corrected chi connectivity index (χ0v) is 11.1. The van der Waals surface area contributed by atoms with E-state index in [2.05, 4.69) is 25.8 Å². The van der Waals surface area contributed by atoms with Crippen LogP contribution >= 0.6 is 11.3 Å². The second-order valence-electron chi connectivity index (χ2n) is 4.73. The standard InChI is InChI=1S/C12H19NO2S/c1-5-6-12(3,4)11-13-8(2)9(16-11)7-10(14)15/h5-7H2,1-4H3,(H,14,15). The summed E-state index contributed by atoms with van der Waals surface area (Å²) in [4.78, 5) is 16.1. The van der Waals surface area contributed by atoms with Gasteiger partial charge in [-0.15, -0.1) is 11.3 Å². The Morgan fingerprint density at radius 2 is 2.12 bits per heavy atom.